The lowest BCUT2D eigenvalue weighted by Crippen LogP contribution is -2.29. The third-order valence-corrected chi connectivity index (χ3v) is 4.09. The molecule has 3 rings (SSSR count). The summed E-state index contributed by atoms with van der Waals surface area (Å²) in [5.74, 6) is -0.136. The number of pyridine rings is 2. The monoisotopic (exact) mass is 378 g/mol. The molecule has 0 aromatic carbocycles. The fourth-order valence-electron chi connectivity index (χ4n) is 2.95. The Labute approximate surface area is 154 Å². The van der Waals surface area contributed by atoms with Crippen LogP contribution in [0.5, 0.6) is 5.75 Å². The molecule has 0 saturated heterocycles. The minimum atomic E-state index is -2.82. The molecule has 0 bridgehead atoms. The van der Waals surface area contributed by atoms with Crippen LogP contribution in [-0.2, 0) is 0 Å². The normalized spacial score (nSPS) is 12.9. The summed E-state index contributed by atoms with van der Waals surface area (Å²) in [4.78, 5) is 10.9. The number of nitrogens with two attached hydrogens (primary N) is 1. The summed E-state index contributed by atoms with van der Waals surface area (Å²) < 4.78 is 46.0. The highest BCUT2D eigenvalue weighted by Crippen LogP contribution is 2.33. The van der Waals surface area contributed by atoms with E-state index in [0.29, 0.717) is 22.5 Å². The van der Waals surface area contributed by atoms with Crippen molar-refractivity contribution in [3.8, 4) is 17.0 Å². The van der Waals surface area contributed by atoms with E-state index in [1.54, 1.807) is 12.3 Å². The Kier molecular flexibility index (Phi) is 5.65. The Morgan fingerprint density at radius 3 is 2.74 bits per heavy atom. The maximum atomic E-state index is 13.5. The van der Waals surface area contributed by atoms with Gasteiger partial charge in [-0.1, -0.05) is 13.8 Å². The number of aromatic amines is 1. The van der Waals surface area contributed by atoms with Crippen molar-refractivity contribution in [1.82, 2.24) is 15.0 Å². The summed E-state index contributed by atoms with van der Waals surface area (Å²) in [5.41, 5.74) is 6.70. The first-order valence-corrected chi connectivity index (χ1v) is 8.65. The number of rotatable bonds is 7. The van der Waals surface area contributed by atoms with Gasteiger partial charge >= 0.3 is 0 Å². The zero-order valence-corrected chi connectivity index (χ0v) is 15.0. The smallest absolute Gasteiger partial charge is 0.284 e. The second-order valence-corrected chi connectivity index (χ2v) is 6.83. The molecule has 0 fully saturated rings. The van der Waals surface area contributed by atoms with E-state index in [1.165, 1.54) is 12.1 Å². The molecule has 0 aliphatic carbocycles. The maximum Gasteiger partial charge on any atom is 0.284 e. The first-order valence-electron chi connectivity index (χ1n) is 8.65. The Balaban J connectivity index is 1.90. The number of ether oxygens (including phenoxy) is 1. The molecule has 3 heterocycles. The van der Waals surface area contributed by atoms with E-state index >= 15 is 0 Å². The summed E-state index contributed by atoms with van der Waals surface area (Å²) in [6.45, 7) is 4.18. The van der Waals surface area contributed by atoms with Gasteiger partial charge in [0.2, 0.25) is 0 Å². The van der Waals surface area contributed by atoms with Gasteiger partial charge in [-0.3, -0.25) is 0 Å². The minimum absolute atomic E-state index is 0.00268. The number of hydrogen-bond donors (Lipinski definition) is 2. The first kappa shape index (κ1) is 19.2. The molecule has 0 aliphatic rings. The fraction of sp³-hybridized carbons (Fsp3) is 0.368. The van der Waals surface area contributed by atoms with Crippen LogP contribution >= 0.6 is 0 Å². The van der Waals surface area contributed by atoms with Crippen molar-refractivity contribution in [1.29, 1.82) is 0 Å². The van der Waals surface area contributed by atoms with Crippen LogP contribution in [0.25, 0.3) is 22.3 Å². The molecule has 3 N–H and O–H groups in total. The van der Waals surface area contributed by atoms with Gasteiger partial charge in [0, 0.05) is 23.2 Å². The van der Waals surface area contributed by atoms with E-state index in [4.69, 9.17) is 10.5 Å². The zero-order chi connectivity index (χ0) is 19.6. The topological polar surface area (TPSA) is 76.8 Å². The minimum Gasteiger partial charge on any atom is -0.490 e. The molecule has 27 heavy (non-hydrogen) atoms. The molecular formula is C19H21F3N4O. The number of aromatic nitrogens is 3. The molecule has 8 heteroatoms. The highest BCUT2D eigenvalue weighted by molar-refractivity contribution is 5.92. The van der Waals surface area contributed by atoms with Crippen molar-refractivity contribution in [3.05, 3.63) is 42.1 Å². The van der Waals surface area contributed by atoms with Crippen LogP contribution in [-0.4, -0.2) is 27.6 Å². The number of hydrogen-bond acceptors (Lipinski definition) is 4. The molecule has 144 valence electrons. The predicted molar refractivity (Wildman–Crippen MR) is 97.2 cm³/mol. The van der Waals surface area contributed by atoms with Crippen LogP contribution in [0.4, 0.5) is 13.2 Å². The van der Waals surface area contributed by atoms with E-state index in [1.807, 2.05) is 13.8 Å². The van der Waals surface area contributed by atoms with Crippen molar-refractivity contribution in [2.24, 2.45) is 11.7 Å². The lowest BCUT2D eigenvalue weighted by atomic mass is 10.1. The quantitative estimate of drug-likeness (QED) is 0.637. The number of H-pyrrole nitrogens is 1. The summed E-state index contributed by atoms with van der Waals surface area (Å²) in [6, 6.07) is 4.03. The van der Waals surface area contributed by atoms with Gasteiger partial charge in [0.05, 0.1) is 11.9 Å². The van der Waals surface area contributed by atoms with E-state index in [2.05, 4.69) is 15.0 Å². The van der Waals surface area contributed by atoms with Gasteiger partial charge in [0.1, 0.15) is 29.5 Å². The average molecular weight is 378 g/mol. The molecule has 0 saturated carbocycles. The second-order valence-electron chi connectivity index (χ2n) is 6.83. The van der Waals surface area contributed by atoms with Crippen LogP contribution in [0.3, 0.4) is 0 Å². The number of halogens is 3. The molecular weight excluding hydrogens is 357 g/mol. The van der Waals surface area contributed by atoms with E-state index < -0.39 is 17.9 Å². The molecule has 0 aliphatic heterocycles. The number of alkyl halides is 2. The molecule has 1 atom stereocenters. The van der Waals surface area contributed by atoms with Gasteiger partial charge in [-0.2, -0.15) is 0 Å². The van der Waals surface area contributed by atoms with Gasteiger partial charge < -0.3 is 15.5 Å². The van der Waals surface area contributed by atoms with Gasteiger partial charge in [0.15, 0.2) is 0 Å². The summed E-state index contributed by atoms with van der Waals surface area (Å²) in [7, 11) is 0. The number of nitrogens with zero attached hydrogens (tertiary/aromatic N) is 2. The standard InChI is InChI=1S/C19H21F3N4O/c1-10(2)5-12(23)9-27-16-4-3-15(26-17(16)18(21)22)14-8-25-19-13(14)6-11(20)7-24-19/h3-4,6-8,10,12,18H,5,9,23H2,1-2H3,(H,24,25)/t12-/m0/s1. The van der Waals surface area contributed by atoms with Crippen LogP contribution in [0.2, 0.25) is 0 Å². The van der Waals surface area contributed by atoms with Gasteiger partial charge in [-0.05, 0) is 30.5 Å². The van der Waals surface area contributed by atoms with Crippen molar-refractivity contribution in [2.75, 3.05) is 6.61 Å². The van der Waals surface area contributed by atoms with Crippen LogP contribution in [0.15, 0.2) is 30.6 Å². The second kappa shape index (κ2) is 7.96. The predicted octanol–water partition coefficient (Wildman–Crippen LogP) is 4.45. The molecule has 0 amide bonds. The highest BCUT2D eigenvalue weighted by atomic mass is 19.3. The van der Waals surface area contributed by atoms with Crippen LogP contribution in [0.1, 0.15) is 32.4 Å². The third kappa shape index (κ3) is 4.39. The van der Waals surface area contributed by atoms with Crippen LogP contribution in [0, 0.1) is 11.7 Å². The molecule has 5 nitrogen and oxygen atoms in total. The Hall–Kier alpha value is -2.61. The number of fused-ring (bicyclic) bond motifs is 1. The van der Waals surface area contributed by atoms with E-state index in [0.717, 1.165) is 12.6 Å². The Bertz CT molecular complexity index is 926. The summed E-state index contributed by atoms with van der Waals surface area (Å²) in [5, 5.41) is 0.468. The van der Waals surface area contributed by atoms with E-state index in [9.17, 15) is 13.2 Å². The van der Waals surface area contributed by atoms with Gasteiger partial charge in [-0.25, -0.2) is 23.1 Å². The molecule has 0 unspecified atom stereocenters. The van der Waals surface area contributed by atoms with Crippen molar-refractivity contribution in [3.63, 3.8) is 0 Å². The van der Waals surface area contributed by atoms with Crippen molar-refractivity contribution < 1.29 is 17.9 Å². The maximum absolute atomic E-state index is 13.5. The lowest BCUT2D eigenvalue weighted by Gasteiger charge is -2.17. The molecule has 3 aromatic heterocycles. The van der Waals surface area contributed by atoms with E-state index in [-0.39, 0.29) is 24.1 Å². The SMILES string of the molecule is CC(C)C[C@H](N)COc1ccc(-c2c[nH]c3ncc(F)cc23)nc1C(F)F. The van der Waals surface area contributed by atoms with Crippen LogP contribution < -0.4 is 10.5 Å². The van der Waals surface area contributed by atoms with Gasteiger partial charge in [-0.15, -0.1) is 0 Å². The lowest BCUT2D eigenvalue weighted by molar-refractivity contribution is 0.138. The fourth-order valence-corrected chi connectivity index (χ4v) is 2.95. The molecule has 3 aromatic rings. The highest BCUT2D eigenvalue weighted by Gasteiger charge is 2.20. The largest absolute Gasteiger partial charge is 0.490 e. The molecule has 0 spiro atoms. The van der Waals surface area contributed by atoms with Gasteiger partial charge in [0.25, 0.3) is 6.43 Å². The Morgan fingerprint density at radius 2 is 2.04 bits per heavy atom. The number of nitrogens with one attached hydrogen (secondary N) is 1. The average Bonchev–Trinajstić information content (AvgIpc) is 3.02. The van der Waals surface area contributed by atoms with Crippen molar-refractivity contribution >= 4 is 11.0 Å². The Morgan fingerprint density at radius 1 is 1.26 bits per heavy atom. The summed E-state index contributed by atoms with van der Waals surface area (Å²) >= 11 is 0. The molecule has 0 radical (unpaired) electrons. The third-order valence-electron chi connectivity index (χ3n) is 4.09. The zero-order valence-electron chi connectivity index (χ0n) is 15.0. The van der Waals surface area contributed by atoms with Crippen molar-refractivity contribution in [2.45, 2.75) is 32.7 Å². The summed E-state index contributed by atoms with van der Waals surface area (Å²) in [6.07, 6.45) is 0.552. The first-order chi connectivity index (χ1) is 12.8.